The number of hydrogen-bond donors (Lipinski definition) is 1. The Bertz CT molecular complexity index is 1700. The van der Waals surface area contributed by atoms with E-state index in [1.807, 2.05) is 26.0 Å². The highest BCUT2D eigenvalue weighted by molar-refractivity contribution is 6.01. The predicted molar refractivity (Wildman–Crippen MR) is 154 cm³/mol. The van der Waals surface area contributed by atoms with Crippen LogP contribution in [0.4, 0.5) is 15.8 Å². The topological polar surface area (TPSA) is 132 Å². The number of nitrogens with two attached hydrogens (primary N) is 1. The first-order valence-electron chi connectivity index (χ1n) is 13.4. The zero-order valence-electron chi connectivity index (χ0n) is 23.4. The van der Waals surface area contributed by atoms with Gasteiger partial charge in [-0.1, -0.05) is 12.1 Å². The van der Waals surface area contributed by atoms with Gasteiger partial charge in [0.1, 0.15) is 35.4 Å². The first kappa shape index (κ1) is 28.4. The van der Waals surface area contributed by atoms with E-state index in [2.05, 4.69) is 6.07 Å². The van der Waals surface area contributed by atoms with E-state index in [1.165, 1.54) is 36.3 Å². The number of ketones is 1. The number of carbonyl (C=O) groups excluding carboxylic acids is 1. The van der Waals surface area contributed by atoms with Gasteiger partial charge in [-0.05, 0) is 85.3 Å². The third-order valence-corrected chi connectivity index (χ3v) is 7.78. The molecule has 2 N–H and O–H groups in total. The van der Waals surface area contributed by atoms with Crippen molar-refractivity contribution in [3.63, 3.8) is 0 Å². The standard InChI is InChI=1S/C32H29FN4O5/c1-18-13-19(2)24(14-20(18)17-42-22-9-7-21(33)8-10-22)30-25(16-34)32(35)36(27-5-4-6-29(38)31(27)30)26-12-11-23(41-3)15-28(26)37(39)40/h7-15,30H,4-6,17,35H2,1-3H3. The van der Waals surface area contributed by atoms with E-state index >= 15 is 0 Å². The molecule has 0 saturated heterocycles. The maximum absolute atomic E-state index is 13.6. The van der Waals surface area contributed by atoms with Gasteiger partial charge in [0.25, 0.3) is 5.69 Å². The highest BCUT2D eigenvalue weighted by atomic mass is 19.1. The number of nitro groups is 1. The Morgan fingerprint density at radius 1 is 1.10 bits per heavy atom. The van der Waals surface area contributed by atoms with Gasteiger partial charge in [-0.15, -0.1) is 0 Å². The minimum Gasteiger partial charge on any atom is -0.496 e. The molecular formula is C32H29FN4O5. The van der Waals surface area contributed by atoms with Crippen LogP contribution in [0.3, 0.4) is 0 Å². The molecule has 0 bridgehead atoms. The number of Topliss-reactive ketones (excluding diaryl/α,β-unsaturated/α-hetero) is 1. The fourth-order valence-corrected chi connectivity index (χ4v) is 5.71. The summed E-state index contributed by atoms with van der Waals surface area (Å²) < 4.78 is 24.5. The minimum absolute atomic E-state index is 0.0355. The third-order valence-electron chi connectivity index (χ3n) is 7.78. The first-order chi connectivity index (χ1) is 20.1. The second-order valence-electron chi connectivity index (χ2n) is 10.3. The van der Waals surface area contributed by atoms with E-state index in [4.69, 9.17) is 15.2 Å². The molecule has 42 heavy (non-hydrogen) atoms. The zero-order chi connectivity index (χ0) is 30.1. The summed E-state index contributed by atoms with van der Waals surface area (Å²) >= 11 is 0. The number of anilines is 1. The van der Waals surface area contributed by atoms with Gasteiger partial charge in [0.15, 0.2) is 5.78 Å². The monoisotopic (exact) mass is 568 g/mol. The van der Waals surface area contributed by atoms with Crippen LogP contribution >= 0.6 is 0 Å². The van der Waals surface area contributed by atoms with Crippen LogP contribution in [-0.2, 0) is 11.4 Å². The van der Waals surface area contributed by atoms with Crippen LogP contribution in [0.5, 0.6) is 11.5 Å². The molecule has 0 saturated carbocycles. The molecule has 9 nitrogen and oxygen atoms in total. The Kier molecular flexibility index (Phi) is 7.68. The van der Waals surface area contributed by atoms with Crippen LogP contribution in [0.1, 0.15) is 47.4 Å². The van der Waals surface area contributed by atoms with Gasteiger partial charge in [-0.3, -0.25) is 19.8 Å². The summed E-state index contributed by atoms with van der Waals surface area (Å²) in [5.41, 5.74) is 11.0. The molecule has 214 valence electrons. The summed E-state index contributed by atoms with van der Waals surface area (Å²) in [6, 6.07) is 16.2. The second-order valence-corrected chi connectivity index (χ2v) is 10.3. The lowest BCUT2D eigenvalue weighted by Crippen LogP contribution is -2.39. The molecule has 1 aliphatic carbocycles. The second kappa shape index (κ2) is 11.4. The lowest BCUT2D eigenvalue weighted by molar-refractivity contribution is -0.384. The number of rotatable bonds is 7. The average molecular weight is 569 g/mol. The van der Waals surface area contributed by atoms with Gasteiger partial charge in [-0.2, -0.15) is 5.26 Å². The van der Waals surface area contributed by atoms with Crippen molar-refractivity contribution in [2.75, 3.05) is 12.0 Å². The molecule has 0 spiro atoms. The Labute approximate surface area is 242 Å². The number of nitro benzene ring substituents is 1. The number of hydrogen-bond acceptors (Lipinski definition) is 8. The molecule has 0 radical (unpaired) electrons. The molecule has 5 rings (SSSR count). The molecule has 10 heteroatoms. The Hall–Kier alpha value is -5.17. The fraction of sp³-hybridized carbons (Fsp3) is 0.250. The molecule has 0 aromatic heterocycles. The molecule has 3 aromatic carbocycles. The van der Waals surface area contributed by atoms with Crippen molar-refractivity contribution in [1.82, 2.24) is 0 Å². The molecular weight excluding hydrogens is 539 g/mol. The summed E-state index contributed by atoms with van der Waals surface area (Å²) in [4.78, 5) is 26.6. The molecule has 0 amide bonds. The molecule has 2 aliphatic rings. The minimum atomic E-state index is -0.753. The van der Waals surface area contributed by atoms with Crippen LogP contribution in [0.2, 0.25) is 0 Å². The smallest absolute Gasteiger partial charge is 0.296 e. The van der Waals surface area contributed by atoms with Crippen molar-refractivity contribution in [2.24, 2.45) is 5.73 Å². The number of halogens is 1. The molecule has 3 aromatic rings. The Balaban J connectivity index is 1.65. The van der Waals surface area contributed by atoms with Crippen LogP contribution < -0.4 is 20.1 Å². The SMILES string of the molecule is COc1ccc(N2C(N)=C(C#N)C(c3cc(COc4ccc(F)cc4)c(C)cc3C)C3=C2CCCC3=O)c([N+](=O)[O-])c1. The Morgan fingerprint density at radius 3 is 2.48 bits per heavy atom. The van der Waals surface area contributed by atoms with Crippen molar-refractivity contribution in [1.29, 1.82) is 5.26 Å². The highest BCUT2D eigenvalue weighted by Gasteiger charge is 2.42. The number of ether oxygens (including phenoxy) is 2. The van der Waals surface area contributed by atoms with E-state index in [0.29, 0.717) is 35.6 Å². The number of carbonyl (C=O) groups is 1. The summed E-state index contributed by atoms with van der Waals surface area (Å²) in [6.45, 7) is 4.03. The van der Waals surface area contributed by atoms with Gasteiger partial charge >= 0.3 is 0 Å². The highest BCUT2D eigenvalue weighted by Crippen LogP contribution is 2.49. The lowest BCUT2D eigenvalue weighted by atomic mass is 9.74. The van der Waals surface area contributed by atoms with Crippen molar-refractivity contribution >= 4 is 17.2 Å². The van der Waals surface area contributed by atoms with E-state index in [9.17, 15) is 24.6 Å². The van der Waals surface area contributed by atoms with E-state index in [0.717, 1.165) is 22.3 Å². The molecule has 0 fully saturated rings. The normalized spacial score (nSPS) is 16.7. The Morgan fingerprint density at radius 2 is 1.81 bits per heavy atom. The van der Waals surface area contributed by atoms with Gasteiger partial charge < -0.3 is 15.2 Å². The number of allylic oxidation sites excluding steroid dienone is 3. The van der Waals surface area contributed by atoms with Crippen molar-refractivity contribution in [3.8, 4) is 17.6 Å². The van der Waals surface area contributed by atoms with Crippen LogP contribution in [0.25, 0.3) is 0 Å². The van der Waals surface area contributed by atoms with Crippen LogP contribution in [-0.4, -0.2) is 17.8 Å². The molecule has 1 unspecified atom stereocenters. The molecule has 1 aliphatic heterocycles. The molecule has 1 heterocycles. The van der Waals surface area contributed by atoms with Crippen molar-refractivity contribution < 1.29 is 23.6 Å². The van der Waals surface area contributed by atoms with Gasteiger partial charge in [-0.25, -0.2) is 4.39 Å². The maximum atomic E-state index is 13.6. The van der Waals surface area contributed by atoms with Crippen molar-refractivity contribution in [2.45, 2.75) is 45.6 Å². The summed E-state index contributed by atoms with van der Waals surface area (Å²) in [6.07, 6.45) is 1.28. The van der Waals surface area contributed by atoms with Crippen molar-refractivity contribution in [3.05, 3.63) is 115 Å². The largest absolute Gasteiger partial charge is 0.496 e. The van der Waals surface area contributed by atoms with Crippen LogP contribution in [0, 0.1) is 41.1 Å². The average Bonchev–Trinajstić information content (AvgIpc) is 2.97. The number of benzene rings is 3. The quantitative estimate of drug-likeness (QED) is 0.262. The number of methoxy groups -OCH3 is 1. The van der Waals surface area contributed by atoms with Gasteiger partial charge in [0.05, 0.1) is 35.7 Å². The van der Waals surface area contributed by atoms with E-state index < -0.39 is 10.8 Å². The lowest BCUT2D eigenvalue weighted by Gasteiger charge is -2.39. The fourth-order valence-electron chi connectivity index (χ4n) is 5.71. The first-order valence-corrected chi connectivity index (χ1v) is 13.4. The predicted octanol–water partition coefficient (Wildman–Crippen LogP) is 6.24. The summed E-state index contributed by atoms with van der Waals surface area (Å²) in [5, 5.41) is 22.5. The number of aryl methyl sites for hydroxylation is 2. The molecule has 1 atom stereocenters. The third kappa shape index (κ3) is 5.05. The van der Waals surface area contributed by atoms with Crippen LogP contribution in [0.15, 0.2) is 77.3 Å². The summed E-state index contributed by atoms with van der Waals surface area (Å²) in [5.74, 6) is -0.418. The van der Waals surface area contributed by atoms with Gasteiger partial charge in [0.2, 0.25) is 0 Å². The zero-order valence-corrected chi connectivity index (χ0v) is 23.4. The summed E-state index contributed by atoms with van der Waals surface area (Å²) in [7, 11) is 1.41. The van der Waals surface area contributed by atoms with E-state index in [1.54, 1.807) is 18.2 Å². The van der Waals surface area contributed by atoms with Gasteiger partial charge in [0, 0.05) is 17.7 Å². The maximum Gasteiger partial charge on any atom is 0.296 e. The van der Waals surface area contributed by atoms with E-state index in [-0.39, 0.29) is 47.4 Å². The number of nitrogens with zero attached hydrogens (tertiary/aromatic N) is 3. The number of nitriles is 1.